The highest BCUT2D eigenvalue weighted by atomic mass is 19.4. The van der Waals surface area contributed by atoms with Gasteiger partial charge in [-0.15, -0.1) is 0 Å². The quantitative estimate of drug-likeness (QED) is 0.157. The molecule has 0 aliphatic carbocycles. The van der Waals surface area contributed by atoms with Gasteiger partial charge in [0.05, 0.1) is 13.2 Å². The SMILES string of the molecule is O=C(O[C@H](CO)[C@H]1OC[C@H](O)[C@H]1O)C(F)(F)C(F)(F)C(F)(F)C(F)(F)C(F)(F)C(F)(F)C(F)(F)C(F)(F)C(F)(F)C(F)(F)C(F)(F)C(F)(F)F. The van der Waals surface area contributed by atoms with E-state index in [-0.39, 0.29) is 0 Å². The van der Waals surface area contributed by atoms with Crippen molar-refractivity contribution in [3.63, 3.8) is 0 Å². The molecule has 0 amide bonds. The van der Waals surface area contributed by atoms with Crippen molar-refractivity contribution in [2.45, 2.75) is 95.7 Å². The van der Waals surface area contributed by atoms with E-state index in [9.17, 15) is 125 Å². The van der Waals surface area contributed by atoms with Gasteiger partial charge >= 0.3 is 77.3 Å². The van der Waals surface area contributed by atoms with Crippen molar-refractivity contribution in [2.75, 3.05) is 13.2 Å². The molecule has 0 aromatic heterocycles. The van der Waals surface area contributed by atoms with Gasteiger partial charge in [0.15, 0.2) is 6.10 Å². The number of carbonyl (C=O) groups excluding carboxylic acids is 1. The molecular formula is C19H11F25O6. The van der Waals surface area contributed by atoms with Crippen LogP contribution >= 0.6 is 0 Å². The number of ether oxygens (including phenoxy) is 2. The van der Waals surface area contributed by atoms with Gasteiger partial charge in [0.25, 0.3) is 0 Å². The molecule has 298 valence electrons. The van der Waals surface area contributed by atoms with Gasteiger partial charge in [0.2, 0.25) is 0 Å². The summed E-state index contributed by atoms with van der Waals surface area (Å²) in [6, 6.07) is 0. The Morgan fingerprint density at radius 1 is 0.540 bits per heavy atom. The number of hydrogen-bond donors (Lipinski definition) is 3. The minimum absolute atomic E-state index is 1.07. The van der Waals surface area contributed by atoms with Crippen molar-refractivity contribution in [3.8, 4) is 0 Å². The fourth-order valence-electron chi connectivity index (χ4n) is 3.45. The summed E-state index contributed by atoms with van der Waals surface area (Å²) in [5.41, 5.74) is 0. The lowest BCUT2D eigenvalue weighted by Crippen LogP contribution is -2.78. The Kier molecular flexibility index (Phi) is 11.2. The van der Waals surface area contributed by atoms with Gasteiger partial charge in [-0.2, -0.15) is 110 Å². The third-order valence-corrected chi connectivity index (χ3v) is 6.55. The molecule has 6 nitrogen and oxygen atoms in total. The smallest absolute Gasteiger partial charge is 0.452 e. The summed E-state index contributed by atoms with van der Waals surface area (Å²) in [5, 5.41) is 27.6. The van der Waals surface area contributed by atoms with Gasteiger partial charge in [0.1, 0.15) is 18.3 Å². The van der Waals surface area contributed by atoms with Gasteiger partial charge in [-0.25, -0.2) is 4.79 Å². The minimum atomic E-state index is -9.77. The molecular weight excluding hydrogens is 799 g/mol. The Balaban J connectivity index is 3.77. The van der Waals surface area contributed by atoms with Crippen molar-refractivity contribution < 1.29 is 139 Å². The van der Waals surface area contributed by atoms with Crippen molar-refractivity contribution in [3.05, 3.63) is 0 Å². The topological polar surface area (TPSA) is 96.2 Å². The monoisotopic (exact) mass is 810 g/mol. The predicted octanol–water partition coefficient (Wildman–Crippen LogP) is 5.56. The summed E-state index contributed by atoms with van der Waals surface area (Å²) in [4.78, 5) is 11.5. The number of alkyl halides is 25. The Hall–Kier alpha value is -2.44. The first kappa shape index (κ1) is 45.6. The van der Waals surface area contributed by atoms with Crippen molar-refractivity contribution in [2.24, 2.45) is 0 Å². The van der Waals surface area contributed by atoms with E-state index in [2.05, 4.69) is 9.47 Å². The molecule has 0 aromatic carbocycles. The van der Waals surface area contributed by atoms with E-state index < -0.39 is 115 Å². The zero-order valence-corrected chi connectivity index (χ0v) is 22.2. The average molecular weight is 810 g/mol. The van der Waals surface area contributed by atoms with E-state index in [1.807, 2.05) is 0 Å². The van der Waals surface area contributed by atoms with Crippen LogP contribution in [0.1, 0.15) is 0 Å². The third kappa shape index (κ3) is 5.74. The maximum Gasteiger partial charge on any atom is 0.460 e. The van der Waals surface area contributed by atoms with E-state index >= 15 is 0 Å². The van der Waals surface area contributed by atoms with E-state index in [4.69, 9.17) is 5.11 Å². The summed E-state index contributed by atoms with van der Waals surface area (Å²) >= 11 is 0. The molecule has 1 fully saturated rings. The van der Waals surface area contributed by atoms with Crippen LogP contribution in [0, 0.1) is 0 Å². The van der Waals surface area contributed by atoms with Crippen molar-refractivity contribution >= 4 is 5.97 Å². The van der Waals surface area contributed by atoms with E-state index in [0.29, 0.717) is 0 Å². The number of carbonyl (C=O) groups is 1. The number of aliphatic hydroxyl groups excluding tert-OH is 3. The van der Waals surface area contributed by atoms with Crippen LogP contribution in [0.2, 0.25) is 0 Å². The lowest BCUT2D eigenvalue weighted by molar-refractivity contribution is -0.481. The Morgan fingerprint density at radius 3 is 1.06 bits per heavy atom. The summed E-state index contributed by atoms with van der Waals surface area (Å²) in [5.74, 6) is -106. The zero-order chi connectivity index (χ0) is 40.7. The third-order valence-electron chi connectivity index (χ3n) is 6.55. The highest BCUT2D eigenvalue weighted by Gasteiger charge is 3.00. The predicted molar refractivity (Wildman–Crippen MR) is 99.2 cm³/mol. The van der Waals surface area contributed by atoms with E-state index in [1.54, 1.807) is 0 Å². The van der Waals surface area contributed by atoms with Crippen LogP contribution in [-0.4, -0.2) is 130 Å². The van der Waals surface area contributed by atoms with Crippen LogP contribution < -0.4 is 0 Å². The van der Waals surface area contributed by atoms with Crippen LogP contribution in [0.4, 0.5) is 110 Å². The van der Waals surface area contributed by atoms with Crippen molar-refractivity contribution in [1.29, 1.82) is 0 Å². The molecule has 0 aromatic rings. The number of hydrogen-bond acceptors (Lipinski definition) is 6. The normalized spacial score (nSPS) is 22.5. The fourth-order valence-corrected chi connectivity index (χ4v) is 3.45. The summed E-state index contributed by atoms with van der Waals surface area (Å²) in [6.45, 7) is -3.10. The van der Waals surface area contributed by atoms with Gasteiger partial charge in [-0.3, -0.25) is 0 Å². The van der Waals surface area contributed by atoms with Gasteiger partial charge in [-0.05, 0) is 0 Å². The average Bonchev–Trinajstić information content (AvgIpc) is 3.26. The standard InChI is InChI=1S/C19H11F25O6/c20-8(21,7(48)50-4(1-45)6-5(47)3(46)2-49-6)9(22,23)10(24,25)11(26,27)12(28,29)13(30,31)14(32,33)15(34,35)16(36,37)17(38,39)18(40,41)19(42,43)44/h3-6,45-47H,1-2H2/t3-,4+,5+,6+/m0/s1. The number of rotatable bonds is 14. The number of halogens is 25. The Morgan fingerprint density at radius 2 is 0.820 bits per heavy atom. The molecule has 0 radical (unpaired) electrons. The first-order valence-electron chi connectivity index (χ1n) is 11.5. The van der Waals surface area contributed by atoms with Crippen LogP contribution in [0.15, 0.2) is 0 Å². The second-order valence-corrected chi connectivity index (χ2v) is 9.80. The lowest BCUT2D eigenvalue weighted by atomic mass is 9.84. The summed E-state index contributed by atoms with van der Waals surface area (Å²) in [6.07, 6.45) is -18.3. The Bertz CT molecular complexity index is 1240. The maximum absolute atomic E-state index is 14.1. The molecule has 0 spiro atoms. The molecule has 0 unspecified atom stereocenters. The summed E-state index contributed by atoms with van der Waals surface area (Å²) < 4.78 is 345. The maximum atomic E-state index is 14.1. The van der Waals surface area contributed by atoms with Gasteiger partial charge in [-0.1, -0.05) is 0 Å². The van der Waals surface area contributed by atoms with Crippen LogP contribution in [0.5, 0.6) is 0 Å². The highest BCUT2D eigenvalue weighted by molar-refractivity contribution is 5.79. The Labute approximate surface area is 255 Å². The molecule has 4 atom stereocenters. The fraction of sp³-hybridized carbons (Fsp3) is 0.947. The van der Waals surface area contributed by atoms with Gasteiger partial charge in [0, 0.05) is 0 Å². The molecule has 1 heterocycles. The molecule has 1 aliphatic heterocycles. The second-order valence-electron chi connectivity index (χ2n) is 9.80. The van der Waals surface area contributed by atoms with E-state index in [1.165, 1.54) is 0 Å². The van der Waals surface area contributed by atoms with Crippen LogP contribution in [0.3, 0.4) is 0 Å². The van der Waals surface area contributed by atoms with Crippen LogP contribution in [-0.2, 0) is 14.3 Å². The first-order chi connectivity index (χ1) is 21.5. The largest absolute Gasteiger partial charge is 0.460 e. The molecule has 1 rings (SSSR count). The zero-order valence-electron chi connectivity index (χ0n) is 22.2. The molecule has 31 heteroatoms. The summed E-state index contributed by atoms with van der Waals surface area (Å²) in [7, 11) is 0. The molecule has 1 aliphatic rings. The van der Waals surface area contributed by atoms with Gasteiger partial charge < -0.3 is 24.8 Å². The lowest BCUT2D eigenvalue weighted by Gasteiger charge is -2.45. The molecule has 3 N–H and O–H groups in total. The van der Waals surface area contributed by atoms with Crippen molar-refractivity contribution in [1.82, 2.24) is 0 Å². The highest BCUT2D eigenvalue weighted by Crippen LogP contribution is 2.67. The van der Waals surface area contributed by atoms with Crippen LogP contribution in [0.25, 0.3) is 0 Å². The van der Waals surface area contributed by atoms with E-state index in [0.717, 1.165) is 0 Å². The molecule has 0 bridgehead atoms. The minimum Gasteiger partial charge on any atom is -0.452 e. The molecule has 1 saturated heterocycles. The number of esters is 1. The number of aliphatic hydroxyl groups is 3. The second kappa shape index (κ2) is 12.3. The molecule has 0 saturated carbocycles. The molecule has 50 heavy (non-hydrogen) atoms. The first-order valence-corrected chi connectivity index (χ1v) is 11.5.